The van der Waals surface area contributed by atoms with Crippen LogP contribution < -0.4 is 5.32 Å². The van der Waals surface area contributed by atoms with Crippen LogP contribution in [0.1, 0.15) is 10.9 Å². The van der Waals surface area contributed by atoms with Crippen molar-refractivity contribution in [2.45, 2.75) is 5.38 Å². The zero-order valence-electron chi connectivity index (χ0n) is 10.1. The second kappa shape index (κ2) is 5.55. The van der Waals surface area contributed by atoms with E-state index in [1.165, 1.54) is 0 Å². The number of nitrogens with zero attached hydrogens (tertiary/aromatic N) is 2. The van der Waals surface area contributed by atoms with Gasteiger partial charge in [0, 0.05) is 6.54 Å². The van der Waals surface area contributed by atoms with Gasteiger partial charge in [-0.25, -0.2) is 9.97 Å². The van der Waals surface area contributed by atoms with Gasteiger partial charge in [-0.05, 0) is 17.0 Å². The summed E-state index contributed by atoms with van der Waals surface area (Å²) in [6.45, 7) is 0.632. The maximum Gasteiger partial charge on any atom is 0.138 e. The van der Waals surface area contributed by atoms with Crippen LogP contribution in [0, 0.1) is 0 Å². The summed E-state index contributed by atoms with van der Waals surface area (Å²) in [7, 11) is 0. The molecular weight excluding hydrogens is 278 g/mol. The number of alkyl halides is 1. The number of hydrogen-bond acceptors (Lipinski definition) is 4. The van der Waals surface area contributed by atoms with Crippen molar-refractivity contribution in [3.63, 3.8) is 0 Å². The van der Waals surface area contributed by atoms with E-state index in [-0.39, 0.29) is 5.38 Å². The number of thiophene rings is 1. The predicted octanol–water partition coefficient (Wildman–Crippen LogP) is 4.08. The molecule has 3 nitrogen and oxygen atoms in total. The van der Waals surface area contributed by atoms with Gasteiger partial charge < -0.3 is 5.32 Å². The van der Waals surface area contributed by atoms with E-state index in [4.69, 9.17) is 11.6 Å². The van der Waals surface area contributed by atoms with Gasteiger partial charge in [0.25, 0.3) is 0 Å². The Morgan fingerprint density at radius 3 is 2.84 bits per heavy atom. The molecule has 0 bridgehead atoms. The minimum Gasteiger partial charge on any atom is -0.368 e. The number of fused-ring (bicyclic) bond motifs is 1. The van der Waals surface area contributed by atoms with Gasteiger partial charge in [0.15, 0.2) is 0 Å². The van der Waals surface area contributed by atoms with Gasteiger partial charge in [0.1, 0.15) is 17.0 Å². The van der Waals surface area contributed by atoms with Crippen LogP contribution in [0.2, 0.25) is 0 Å². The lowest BCUT2D eigenvalue weighted by Crippen LogP contribution is -2.09. The van der Waals surface area contributed by atoms with Crippen molar-refractivity contribution in [3.05, 3.63) is 53.7 Å². The molecule has 0 fully saturated rings. The van der Waals surface area contributed by atoms with Crippen LogP contribution in [-0.2, 0) is 0 Å². The molecule has 1 N–H and O–H groups in total. The first-order valence-electron chi connectivity index (χ1n) is 5.95. The molecule has 0 spiro atoms. The highest BCUT2D eigenvalue weighted by atomic mass is 35.5. The molecule has 19 heavy (non-hydrogen) atoms. The van der Waals surface area contributed by atoms with Gasteiger partial charge in [-0.3, -0.25) is 0 Å². The number of hydrogen-bond donors (Lipinski definition) is 1. The fraction of sp³-hybridized carbons (Fsp3) is 0.143. The van der Waals surface area contributed by atoms with E-state index in [1.54, 1.807) is 17.7 Å². The van der Waals surface area contributed by atoms with Gasteiger partial charge in [-0.2, -0.15) is 0 Å². The van der Waals surface area contributed by atoms with Crippen LogP contribution in [0.3, 0.4) is 0 Å². The molecule has 0 saturated heterocycles. The Hall–Kier alpha value is -1.65. The Balaban J connectivity index is 1.74. The van der Waals surface area contributed by atoms with Gasteiger partial charge in [-0.1, -0.05) is 30.3 Å². The zero-order chi connectivity index (χ0) is 13.1. The monoisotopic (exact) mass is 289 g/mol. The topological polar surface area (TPSA) is 37.8 Å². The van der Waals surface area contributed by atoms with E-state index in [1.807, 2.05) is 41.8 Å². The van der Waals surface area contributed by atoms with E-state index in [0.29, 0.717) is 6.54 Å². The van der Waals surface area contributed by atoms with Crippen LogP contribution in [0.15, 0.2) is 48.1 Å². The lowest BCUT2D eigenvalue weighted by atomic mass is 10.1. The Kier molecular flexibility index (Phi) is 3.62. The van der Waals surface area contributed by atoms with Gasteiger partial charge >= 0.3 is 0 Å². The lowest BCUT2D eigenvalue weighted by molar-refractivity contribution is 0.968. The summed E-state index contributed by atoms with van der Waals surface area (Å²) < 4.78 is 0. The van der Waals surface area contributed by atoms with E-state index < -0.39 is 0 Å². The van der Waals surface area contributed by atoms with Crippen molar-refractivity contribution >= 4 is 39.0 Å². The van der Waals surface area contributed by atoms with Crippen LogP contribution in [0.5, 0.6) is 0 Å². The maximum atomic E-state index is 6.38. The highest BCUT2D eigenvalue weighted by Crippen LogP contribution is 2.25. The second-order valence-electron chi connectivity index (χ2n) is 4.12. The molecule has 1 unspecified atom stereocenters. The van der Waals surface area contributed by atoms with E-state index >= 15 is 0 Å². The highest BCUT2D eigenvalue weighted by Gasteiger charge is 2.09. The number of benzene rings is 1. The summed E-state index contributed by atoms with van der Waals surface area (Å²) in [6.07, 6.45) is 1.58. The fourth-order valence-electron chi connectivity index (χ4n) is 1.90. The third-order valence-corrected chi connectivity index (χ3v) is 4.10. The minimum absolute atomic E-state index is 0.0788. The first kappa shape index (κ1) is 12.4. The van der Waals surface area contributed by atoms with Crippen molar-refractivity contribution in [1.82, 2.24) is 9.97 Å². The molecule has 3 aromatic rings. The van der Waals surface area contributed by atoms with E-state index in [9.17, 15) is 0 Å². The number of nitrogens with one attached hydrogen (secondary N) is 1. The molecular formula is C14H12ClN3S. The van der Waals surface area contributed by atoms with Crippen molar-refractivity contribution in [3.8, 4) is 0 Å². The Labute approximate surface area is 120 Å². The molecule has 3 rings (SSSR count). The normalized spacial score (nSPS) is 12.5. The summed E-state index contributed by atoms with van der Waals surface area (Å²) in [6, 6.07) is 12.0. The third-order valence-electron chi connectivity index (χ3n) is 2.87. The molecule has 96 valence electrons. The highest BCUT2D eigenvalue weighted by molar-refractivity contribution is 7.16. The minimum atomic E-state index is -0.0788. The molecule has 0 aliphatic rings. The molecule has 1 aromatic carbocycles. The van der Waals surface area contributed by atoms with Crippen LogP contribution >= 0.6 is 22.9 Å². The number of halogens is 1. The van der Waals surface area contributed by atoms with Crippen molar-refractivity contribution in [2.75, 3.05) is 11.9 Å². The third kappa shape index (κ3) is 2.69. The molecule has 0 saturated carbocycles. The van der Waals surface area contributed by atoms with Crippen LogP contribution in [-0.4, -0.2) is 16.5 Å². The summed E-state index contributed by atoms with van der Waals surface area (Å²) >= 11 is 7.99. The van der Waals surface area contributed by atoms with Gasteiger partial charge in [0.05, 0.1) is 10.8 Å². The molecule has 0 amide bonds. The van der Waals surface area contributed by atoms with Crippen molar-refractivity contribution in [2.24, 2.45) is 0 Å². The van der Waals surface area contributed by atoms with Gasteiger partial charge in [-0.15, -0.1) is 22.9 Å². The number of aromatic nitrogens is 2. The first-order valence-corrected chi connectivity index (χ1v) is 7.27. The van der Waals surface area contributed by atoms with Crippen molar-refractivity contribution < 1.29 is 0 Å². The second-order valence-corrected chi connectivity index (χ2v) is 5.54. The molecule has 0 aliphatic heterocycles. The molecule has 2 aromatic heterocycles. The average molecular weight is 290 g/mol. The smallest absolute Gasteiger partial charge is 0.138 e. The molecule has 0 aliphatic carbocycles. The number of rotatable bonds is 4. The van der Waals surface area contributed by atoms with E-state index in [2.05, 4.69) is 15.3 Å². The Morgan fingerprint density at radius 2 is 2.00 bits per heavy atom. The fourth-order valence-corrected chi connectivity index (χ4v) is 2.85. The SMILES string of the molecule is ClC(CNc1ncnc2sccc12)c1ccccc1. The zero-order valence-corrected chi connectivity index (χ0v) is 11.7. The molecule has 5 heteroatoms. The van der Waals surface area contributed by atoms with Crippen LogP contribution in [0.4, 0.5) is 5.82 Å². The molecule has 2 heterocycles. The summed E-state index contributed by atoms with van der Waals surface area (Å²) in [5.74, 6) is 0.841. The maximum absolute atomic E-state index is 6.38. The largest absolute Gasteiger partial charge is 0.368 e. The quantitative estimate of drug-likeness (QED) is 0.735. The Morgan fingerprint density at radius 1 is 1.16 bits per heavy atom. The summed E-state index contributed by atoms with van der Waals surface area (Å²) in [4.78, 5) is 9.48. The van der Waals surface area contributed by atoms with Crippen LogP contribution in [0.25, 0.3) is 10.2 Å². The Bertz CT molecular complexity index is 669. The average Bonchev–Trinajstić information content (AvgIpc) is 2.94. The molecule has 1 atom stereocenters. The summed E-state index contributed by atoms with van der Waals surface area (Å²) in [5, 5.41) is 6.28. The van der Waals surface area contributed by atoms with E-state index in [0.717, 1.165) is 21.6 Å². The van der Waals surface area contributed by atoms with Crippen molar-refractivity contribution in [1.29, 1.82) is 0 Å². The lowest BCUT2D eigenvalue weighted by Gasteiger charge is -2.12. The first-order chi connectivity index (χ1) is 9.34. The van der Waals surface area contributed by atoms with Gasteiger partial charge in [0.2, 0.25) is 0 Å². The predicted molar refractivity (Wildman–Crippen MR) is 80.9 cm³/mol. The number of anilines is 1. The standard InChI is InChI=1S/C14H12ClN3S/c15-12(10-4-2-1-3-5-10)8-16-13-11-6-7-19-14(11)18-9-17-13/h1-7,9,12H,8H2,(H,16,17,18). The summed E-state index contributed by atoms with van der Waals surface area (Å²) in [5.41, 5.74) is 1.10. The molecule has 0 radical (unpaired) electrons.